The lowest BCUT2D eigenvalue weighted by Gasteiger charge is -2.39. The fourth-order valence-electron chi connectivity index (χ4n) is 2.94. The van der Waals surface area contributed by atoms with Crippen LogP contribution in [0.15, 0.2) is 0 Å². The number of aliphatic hydroxyl groups is 1. The second-order valence-corrected chi connectivity index (χ2v) is 6.08. The summed E-state index contributed by atoms with van der Waals surface area (Å²) in [7, 11) is 0. The molecular formula is C17H38ClNO. The summed E-state index contributed by atoms with van der Waals surface area (Å²) in [5.74, 6) is 0. The van der Waals surface area contributed by atoms with E-state index in [9.17, 15) is 5.11 Å². The number of rotatable bonds is 14. The second kappa shape index (κ2) is 15.6. The minimum absolute atomic E-state index is 0. The molecule has 0 aliphatic rings. The van der Waals surface area contributed by atoms with Crippen LogP contribution >= 0.6 is 0 Å². The Labute approximate surface area is 133 Å². The van der Waals surface area contributed by atoms with Crippen molar-refractivity contribution in [2.45, 2.75) is 78.6 Å². The molecule has 0 saturated heterocycles. The number of nitrogens with zero attached hydrogens (tertiary/aromatic N) is 1. The maximum absolute atomic E-state index is 9.18. The first-order valence-corrected chi connectivity index (χ1v) is 8.70. The van der Waals surface area contributed by atoms with Gasteiger partial charge in [-0.05, 0) is 25.7 Å². The highest BCUT2D eigenvalue weighted by molar-refractivity contribution is 4.50. The molecule has 0 fully saturated rings. The number of hydrogen-bond donors (Lipinski definition) is 1. The van der Waals surface area contributed by atoms with Gasteiger partial charge in [0.15, 0.2) is 0 Å². The monoisotopic (exact) mass is 307 g/mol. The van der Waals surface area contributed by atoms with Crippen molar-refractivity contribution in [3.05, 3.63) is 0 Å². The number of quaternary nitrogens is 1. The molecule has 0 spiro atoms. The summed E-state index contributed by atoms with van der Waals surface area (Å²) in [4.78, 5) is 0. The number of aliphatic hydroxyl groups excluding tert-OH is 1. The minimum Gasteiger partial charge on any atom is -1.00 e. The molecule has 0 heterocycles. The molecule has 0 aromatic heterocycles. The maximum atomic E-state index is 9.18. The van der Waals surface area contributed by atoms with Crippen LogP contribution in [-0.4, -0.2) is 42.4 Å². The average Bonchev–Trinajstić information content (AvgIpc) is 2.44. The van der Waals surface area contributed by atoms with Gasteiger partial charge in [0.1, 0.15) is 0 Å². The topological polar surface area (TPSA) is 20.2 Å². The van der Waals surface area contributed by atoms with Crippen LogP contribution in [0.3, 0.4) is 0 Å². The van der Waals surface area contributed by atoms with E-state index in [2.05, 4.69) is 20.8 Å². The molecule has 2 nitrogen and oxygen atoms in total. The summed E-state index contributed by atoms with van der Waals surface area (Å²) in [5, 5.41) is 9.18. The zero-order chi connectivity index (χ0) is 14.4. The van der Waals surface area contributed by atoms with E-state index >= 15 is 0 Å². The first-order chi connectivity index (χ1) is 9.24. The van der Waals surface area contributed by atoms with Crippen molar-refractivity contribution in [2.24, 2.45) is 0 Å². The van der Waals surface area contributed by atoms with Gasteiger partial charge in [0, 0.05) is 13.0 Å². The Morgan fingerprint density at radius 3 is 1.50 bits per heavy atom. The third-order valence-electron chi connectivity index (χ3n) is 4.25. The molecule has 0 unspecified atom stereocenters. The van der Waals surface area contributed by atoms with Crippen LogP contribution in [0.25, 0.3) is 0 Å². The zero-order valence-electron chi connectivity index (χ0n) is 14.2. The Morgan fingerprint density at radius 1 is 0.600 bits per heavy atom. The summed E-state index contributed by atoms with van der Waals surface area (Å²) in [6.07, 6.45) is 11.7. The predicted molar refractivity (Wildman–Crippen MR) is 85.4 cm³/mol. The highest BCUT2D eigenvalue weighted by atomic mass is 35.5. The van der Waals surface area contributed by atoms with Gasteiger partial charge in [-0.2, -0.15) is 0 Å². The third-order valence-corrected chi connectivity index (χ3v) is 4.25. The van der Waals surface area contributed by atoms with Crippen LogP contribution in [0, 0.1) is 0 Å². The molecule has 0 aromatic rings. The molecule has 0 radical (unpaired) electrons. The minimum atomic E-state index is 0. The third kappa shape index (κ3) is 10.9. The molecule has 0 aliphatic heterocycles. The molecule has 0 rings (SSSR count). The number of hydrogen-bond acceptors (Lipinski definition) is 1. The van der Waals surface area contributed by atoms with E-state index in [1.165, 1.54) is 82.0 Å². The van der Waals surface area contributed by atoms with Crippen LogP contribution in [0.5, 0.6) is 0 Å². The lowest BCUT2D eigenvalue weighted by molar-refractivity contribution is -0.929. The van der Waals surface area contributed by atoms with E-state index in [1.807, 2.05) is 0 Å². The van der Waals surface area contributed by atoms with Crippen LogP contribution < -0.4 is 12.4 Å². The van der Waals surface area contributed by atoms with Crippen molar-refractivity contribution in [3.63, 3.8) is 0 Å². The summed E-state index contributed by atoms with van der Waals surface area (Å²) >= 11 is 0. The number of unbranched alkanes of at least 4 members (excludes halogenated alkanes) is 5. The van der Waals surface area contributed by atoms with Gasteiger partial charge in [0.25, 0.3) is 0 Å². The van der Waals surface area contributed by atoms with Crippen molar-refractivity contribution < 1.29 is 22.0 Å². The molecule has 0 aliphatic carbocycles. The Kier molecular flexibility index (Phi) is 17.5. The SMILES string of the molecule is CCCCCC[N+](CCCC)(CCCC)CCCO.[Cl-]. The predicted octanol–water partition coefficient (Wildman–Crippen LogP) is 1.37. The molecule has 0 bridgehead atoms. The van der Waals surface area contributed by atoms with Crippen LogP contribution in [-0.2, 0) is 0 Å². The molecule has 20 heavy (non-hydrogen) atoms. The Morgan fingerprint density at radius 2 is 1.05 bits per heavy atom. The molecule has 3 heteroatoms. The first-order valence-electron chi connectivity index (χ1n) is 8.70. The zero-order valence-corrected chi connectivity index (χ0v) is 14.9. The standard InChI is InChI=1S/C17H38NO.ClH/c1-4-7-10-11-15-18(13-8-5-2,14-9-6-3)16-12-17-19;/h19H,4-17H2,1-3H3;1H/q+1;/p-1. The summed E-state index contributed by atoms with van der Waals surface area (Å²) in [6.45, 7) is 12.4. The first kappa shape index (κ1) is 22.5. The quantitative estimate of drug-likeness (QED) is 0.380. The van der Waals surface area contributed by atoms with E-state index < -0.39 is 0 Å². The highest BCUT2D eigenvalue weighted by Crippen LogP contribution is 2.16. The van der Waals surface area contributed by atoms with Crippen molar-refractivity contribution in [1.29, 1.82) is 0 Å². The Bertz CT molecular complexity index is 166. The maximum Gasteiger partial charge on any atom is 0.0808 e. The fraction of sp³-hybridized carbons (Fsp3) is 1.00. The van der Waals surface area contributed by atoms with Gasteiger partial charge >= 0.3 is 0 Å². The van der Waals surface area contributed by atoms with Crippen molar-refractivity contribution in [2.75, 3.05) is 32.8 Å². The van der Waals surface area contributed by atoms with Crippen LogP contribution in [0.1, 0.15) is 78.6 Å². The van der Waals surface area contributed by atoms with Crippen molar-refractivity contribution in [3.8, 4) is 0 Å². The van der Waals surface area contributed by atoms with Gasteiger partial charge in [0.2, 0.25) is 0 Å². The van der Waals surface area contributed by atoms with Gasteiger partial charge in [-0.25, -0.2) is 0 Å². The van der Waals surface area contributed by atoms with Crippen LogP contribution in [0.4, 0.5) is 0 Å². The highest BCUT2D eigenvalue weighted by Gasteiger charge is 2.25. The van der Waals surface area contributed by atoms with E-state index in [-0.39, 0.29) is 12.4 Å². The molecule has 0 atom stereocenters. The summed E-state index contributed by atoms with van der Waals surface area (Å²) in [6, 6.07) is 0. The molecule has 124 valence electrons. The normalized spacial score (nSPS) is 11.4. The van der Waals surface area contributed by atoms with Crippen LogP contribution in [0.2, 0.25) is 0 Å². The molecule has 0 amide bonds. The molecule has 0 aromatic carbocycles. The number of halogens is 1. The molecule has 0 saturated carbocycles. The lowest BCUT2D eigenvalue weighted by atomic mass is 10.1. The fourth-order valence-corrected chi connectivity index (χ4v) is 2.94. The van der Waals surface area contributed by atoms with Gasteiger partial charge in [-0.3, -0.25) is 0 Å². The van der Waals surface area contributed by atoms with Crippen molar-refractivity contribution in [1.82, 2.24) is 0 Å². The van der Waals surface area contributed by atoms with Gasteiger partial charge in [-0.1, -0.05) is 46.5 Å². The summed E-state index contributed by atoms with van der Waals surface area (Å²) in [5.41, 5.74) is 0. The van der Waals surface area contributed by atoms with Gasteiger partial charge < -0.3 is 22.0 Å². The average molecular weight is 308 g/mol. The molecule has 1 N–H and O–H groups in total. The Hall–Kier alpha value is 0.210. The Balaban J connectivity index is 0. The summed E-state index contributed by atoms with van der Waals surface area (Å²) < 4.78 is 1.27. The smallest absolute Gasteiger partial charge is 0.0808 e. The van der Waals surface area contributed by atoms with E-state index in [0.717, 1.165) is 6.42 Å². The van der Waals surface area contributed by atoms with Crippen molar-refractivity contribution >= 4 is 0 Å². The van der Waals surface area contributed by atoms with E-state index in [0.29, 0.717) is 6.61 Å². The largest absolute Gasteiger partial charge is 1.00 e. The van der Waals surface area contributed by atoms with E-state index in [1.54, 1.807) is 0 Å². The van der Waals surface area contributed by atoms with Gasteiger partial charge in [-0.15, -0.1) is 0 Å². The van der Waals surface area contributed by atoms with E-state index in [4.69, 9.17) is 0 Å². The molecular weight excluding hydrogens is 270 g/mol. The second-order valence-electron chi connectivity index (χ2n) is 6.08. The van der Waals surface area contributed by atoms with Gasteiger partial charge in [0.05, 0.1) is 26.2 Å². The lowest BCUT2D eigenvalue weighted by Crippen LogP contribution is -3.00.